The third kappa shape index (κ3) is 3.38. The summed E-state index contributed by atoms with van der Waals surface area (Å²) < 4.78 is 27.5. The zero-order valence-corrected chi connectivity index (χ0v) is 14.6. The summed E-state index contributed by atoms with van der Waals surface area (Å²) >= 11 is 0. The molecule has 0 aromatic heterocycles. The molecule has 0 amide bonds. The van der Waals surface area contributed by atoms with Crippen LogP contribution in [0.5, 0.6) is 0 Å². The Morgan fingerprint density at radius 1 is 1.04 bits per heavy atom. The molecular weight excluding hydrogens is 322 g/mol. The van der Waals surface area contributed by atoms with Crippen molar-refractivity contribution in [2.45, 2.75) is 43.2 Å². The van der Waals surface area contributed by atoms with Crippen molar-refractivity contribution < 1.29 is 13.5 Å². The fraction of sp³-hybridized carbons (Fsp3) is 0.368. The van der Waals surface area contributed by atoms with Crippen LogP contribution in [0.15, 0.2) is 59.5 Å². The Labute approximate surface area is 143 Å². The number of hydrogen-bond acceptors (Lipinski definition) is 3. The Morgan fingerprint density at radius 2 is 1.67 bits per heavy atom. The van der Waals surface area contributed by atoms with Gasteiger partial charge in [0.2, 0.25) is 10.0 Å². The monoisotopic (exact) mass is 345 g/mol. The Morgan fingerprint density at radius 3 is 2.29 bits per heavy atom. The van der Waals surface area contributed by atoms with Crippen molar-refractivity contribution in [3.63, 3.8) is 0 Å². The maximum atomic E-state index is 13.0. The third-order valence-corrected chi connectivity index (χ3v) is 6.64. The maximum absolute atomic E-state index is 13.0. The minimum Gasteiger partial charge on any atom is -0.393 e. The lowest BCUT2D eigenvalue weighted by atomic mass is 10.0. The normalized spacial score (nSPS) is 22.4. The first-order valence-corrected chi connectivity index (χ1v) is 9.81. The molecule has 1 aliphatic rings. The summed E-state index contributed by atoms with van der Waals surface area (Å²) in [6.45, 7) is 2.34. The minimum atomic E-state index is -3.52. The van der Waals surface area contributed by atoms with Gasteiger partial charge in [-0.2, -0.15) is 4.31 Å². The van der Waals surface area contributed by atoms with Crippen molar-refractivity contribution in [3.8, 4) is 11.1 Å². The Bertz CT molecular complexity index is 772. The van der Waals surface area contributed by atoms with E-state index in [1.165, 1.54) is 0 Å². The lowest BCUT2D eigenvalue weighted by Crippen LogP contribution is -2.47. The molecule has 1 fully saturated rings. The number of hydrogen-bond donors (Lipinski definition) is 1. The van der Waals surface area contributed by atoms with Crippen LogP contribution in [0.4, 0.5) is 0 Å². The second kappa shape index (κ2) is 7.05. The average Bonchev–Trinajstić information content (AvgIpc) is 2.62. The van der Waals surface area contributed by atoms with Gasteiger partial charge in [0.05, 0.1) is 11.0 Å². The summed E-state index contributed by atoms with van der Waals surface area (Å²) in [6, 6.07) is 16.8. The van der Waals surface area contributed by atoms with Crippen molar-refractivity contribution in [2.24, 2.45) is 0 Å². The van der Waals surface area contributed by atoms with Gasteiger partial charge >= 0.3 is 0 Å². The van der Waals surface area contributed by atoms with Crippen molar-refractivity contribution in [2.75, 3.05) is 6.54 Å². The number of sulfonamides is 1. The average molecular weight is 345 g/mol. The van der Waals surface area contributed by atoms with Crippen LogP contribution in [0.1, 0.15) is 26.2 Å². The van der Waals surface area contributed by atoms with Crippen LogP contribution in [-0.4, -0.2) is 36.5 Å². The Kier molecular flexibility index (Phi) is 5.04. The summed E-state index contributed by atoms with van der Waals surface area (Å²) in [7, 11) is -3.52. The molecular formula is C19H23NO3S. The van der Waals surface area contributed by atoms with Crippen molar-refractivity contribution in [3.05, 3.63) is 54.6 Å². The van der Waals surface area contributed by atoms with Crippen LogP contribution < -0.4 is 0 Å². The molecule has 128 valence electrons. The van der Waals surface area contributed by atoms with Crippen LogP contribution in [0, 0.1) is 0 Å². The van der Waals surface area contributed by atoms with E-state index >= 15 is 0 Å². The summed E-state index contributed by atoms with van der Waals surface area (Å²) in [5, 5.41) is 9.81. The predicted octanol–water partition coefficient (Wildman–Crippen LogP) is 3.28. The number of aliphatic hydroxyl groups excluding tert-OH is 1. The maximum Gasteiger partial charge on any atom is 0.243 e. The van der Waals surface area contributed by atoms with Gasteiger partial charge in [-0.05, 0) is 42.5 Å². The van der Waals surface area contributed by atoms with E-state index in [0.717, 1.165) is 11.1 Å². The quantitative estimate of drug-likeness (QED) is 0.925. The van der Waals surface area contributed by atoms with E-state index in [4.69, 9.17) is 0 Å². The largest absolute Gasteiger partial charge is 0.393 e. The molecule has 2 aromatic rings. The fourth-order valence-corrected chi connectivity index (χ4v) is 5.00. The number of nitrogens with zero attached hydrogens (tertiary/aromatic N) is 1. The van der Waals surface area contributed by atoms with Crippen LogP contribution in [0.3, 0.4) is 0 Å². The van der Waals surface area contributed by atoms with Gasteiger partial charge < -0.3 is 5.11 Å². The molecule has 1 N–H and O–H groups in total. The summed E-state index contributed by atoms with van der Waals surface area (Å²) in [5.41, 5.74) is 2.06. The lowest BCUT2D eigenvalue weighted by Gasteiger charge is -2.36. The van der Waals surface area contributed by atoms with Crippen molar-refractivity contribution >= 4 is 10.0 Å². The second-order valence-corrected chi connectivity index (χ2v) is 8.14. The van der Waals surface area contributed by atoms with Gasteiger partial charge in [-0.3, -0.25) is 0 Å². The van der Waals surface area contributed by atoms with E-state index in [2.05, 4.69) is 0 Å². The van der Waals surface area contributed by atoms with Crippen molar-refractivity contribution in [1.82, 2.24) is 4.31 Å². The number of aliphatic hydroxyl groups is 1. The molecule has 4 nitrogen and oxygen atoms in total. The van der Waals surface area contributed by atoms with Crippen LogP contribution in [-0.2, 0) is 10.0 Å². The first-order chi connectivity index (χ1) is 11.5. The SMILES string of the molecule is CC[C@H]1C[C@@H](O)CCN1S(=O)(=O)c1ccc(-c2ccccc2)cc1. The smallest absolute Gasteiger partial charge is 0.243 e. The molecule has 1 saturated heterocycles. The molecule has 0 saturated carbocycles. The molecule has 2 aromatic carbocycles. The molecule has 0 radical (unpaired) electrons. The van der Waals surface area contributed by atoms with E-state index in [0.29, 0.717) is 30.7 Å². The second-order valence-electron chi connectivity index (χ2n) is 6.25. The van der Waals surface area contributed by atoms with E-state index in [1.807, 2.05) is 49.4 Å². The van der Waals surface area contributed by atoms with Crippen LogP contribution in [0.2, 0.25) is 0 Å². The highest BCUT2D eigenvalue weighted by molar-refractivity contribution is 7.89. The van der Waals surface area contributed by atoms with Gasteiger partial charge in [-0.15, -0.1) is 0 Å². The van der Waals surface area contributed by atoms with E-state index in [1.54, 1.807) is 16.4 Å². The molecule has 2 atom stereocenters. The summed E-state index contributed by atoms with van der Waals surface area (Å²) in [6.07, 6.45) is 1.32. The Balaban J connectivity index is 1.87. The highest BCUT2D eigenvalue weighted by Gasteiger charge is 2.35. The zero-order chi connectivity index (χ0) is 17.2. The number of benzene rings is 2. The minimum absolute atomic E-state index is 0.132. The van der Waals surface area contributed by atoms with Crippen LogP contribution >= 0.6 is 0 Å². The van der Waals surface area contributed by atoms with Gasteiger partial charge in [0, 0.05) is 12.6 Å². The summed E-state index contributed by atoms with van der Waals surface area (Å²) in [5.74, 6) is 0. The topological polar surface area (TPSA) is 57.6 Å². The fourth-order valence-electron chi connectivity index (χ4n) is 3.28. The molecule has 5 heteroatoms. The standard InChI is InChI=1S/C19H23NO3S/c1-2-17-14-18(21)12-13-20(17)24(22,23)19-10-8-16(9-11-19)15-6-4-3-5-7-15/h3-11,17-18,21H,2,12-14H2,1H3/t17-,18-/m0/s1. The first-order valence-electron chi connectivity index (χ1n) is 8.37. The first kappa shape index (κ1) is 17.1. The molecule has 1 heterocycles. The highest BCUT2D eigenvalue weighted by atomic mass is 32.2. The predicted molar refractivity (Wildman–Crippen MR) is 95.1 cm³/mol. The molecule has 0 bridgehead atoms. The van der Waals surface area contributed by atoms with Gasteiger partial charge in [0.25, 0.3) is 0 Å². The van der Waals surface area contributed by atoms with Gasteiger partial charge in [-0.1, -0.05) is 49.4 Å². The molecule has 24 heavy (non-hydrogen) atoms. The van der Waals surface area contributed by atoms with E-state index in [9.17, 15) is 13.5 Å². The van der Waals surface area contributed by atoms with E-state index < -0.39 is 16.1 Å². The molecule has 0 aliphatic carbocycles. The molecule has 1 aliphatic heterocycles. The van der Waals surface area contributed by atoms with Crippen LogP contribution in [0.25, 0.3) is 11.1 Å². The number of piperidine rings is 1. The third-order valence-electron chi connectivity index (χ3n) is 4.67. The van der Waals surface area contributed by atoms with Gasteiger partial charge in [0.15, 0.2) is 0 Å². The highest BCUT2D eigenvalue weighted by Crippen LogP contribution is 2.28. The Hall–Kier alpha value is -1.69. The summed E-state index contributed by atoms with van der Waals surface area (Å²) in [4.78, 5) is 0.317. The molecule has 0 spiro atoms. The van der Waals surface area contributed by atoms with E-state index in [-0.39, 0.29) is 6.04 Å². The molecule has 0 unspecified atom stereocenters. The lowest BCUT2D eigenvalue weighted by molar-refractivity contribution is 0.0797. The van der Waals surface area contributed by atoms with Crippen molar-refractivity contribution in [1.29, 1.82) is 0 Å². The zero-order valence-electron chi connectivity index (χ0n) is 13.8. The number of rotatable bonds is 4. The molecule has 3 rings (SSSR count). The van der Waals surface area contributed by atoms with Gasteiger partial charge in [0.1, 0.15) is 0 Å². The van der Waals surface area contributed by atoms with Gasteiger partial charge in [-0.25, -0.2) is 8.42 Å².